The first-order valence-corrected chi connectivity index (χ1v) is 5.79. The van der Waals surface area contributed by atoms with Crippen molar-refractivity contribution in [3.63, 3.8) is 0 Å². The van der Waals surface area contributed by atoms with E-state index in [4.69, 9.17) is 21.4 Å². The van der Waals surface area contributed by atoms with Gasteiger partial charge in [-0.05, 0) is 35.9 Å². The van der Waals surface area contributed by atoms with Crippen molar-refractivity contribution in [3.05, 3.63) is 63.2 Å². The van der Waals surface area contributed by atoms with E-state index in [2.05, 4.69) is 0 Å². The van der Waals surface area contributed by atoms with Crippen LogP contribution in [0.3, 0.4) is 0 Å². The van der Waals surface area contributed by atoms with E-state index in [1.54, 1.807) is 30.3 Å². The van der Waals surface area contributed by atoms with Crippen molar-refractivity contribution in [1.82, 2.24) is 0 Å². The fraction of sp³-hybridized carbons (Fsp3) is 0.0769. The van der Waals surface area contributed by atoms with Crippen molar-refractivity contribution in [1.29, 1.82) is 0 Å². The topological polar surface area (TPSA) is 72.6 Å². The average Bonchev–Trinajstić information content (AvgIpc) is 2.41. The number of aliphatic hydroxyl groups excluding tert-OH is 1. The molecule has 0 radical (unpaired) electrons. The highest BCUT2D eigenvalue weighted by Crippen LogP contribution is 2.32. The van der Waals surface area contributed by atoms with Crippen molar-refractivity contribution in [2.24, 2.45) is 0 Å². The third kappa shape index (κ3) is 3.21. The molecule has 0 saturated heterocycles. The Morgan fingerprint density at radius 3 is 2.47 bits per heavy atom. The van der Waals surface area contributed by atoms with Crippen LogP contribution in [0.4, 0.5) is 5.69 Å². The summed E-state index contributed by atoms with van der Waals surface area (Å²) in [4.78, 5) is 10.4. The molecule has 0 aromatic heterocycles. The molecule has 0 heterocycles. The van der Waals surface area contributed by atoms with Gasteiger partial charge in [-0.25, -0.2) is 0 Å². The van der Waals surface area contributed by atoms with Gasteiger partial charge in [-0.1, -0.05) is 17.7 Å². The molecule has 1 N–H and O–H groups in total. The fourth-order valence-electron chi connectivity index (χ4n) is 1.52. The van der Waals surface area contributed by atoms with Gasteiger partial charge in [-0.15, -0.1) is 0 Å². The highest BCUT2D eigenvalue weighted by atomic mass is 35.5. The minimum atomic E-state index is -0.551. The minimum Gasteiger partial charge on any atom is -0.450 e. The molecule has 2 aromatic carbocycles. The van der Waals surface area contributed by atoms with Gasteiger partial charge in [0.25, 0.3) is 0 Å². The molecule has 98 valence electrons. The summed E-state index contributed by atoms with van der Waals surface area (Å²) < 4.78 is 5.44. The molecular formula is C13H10ClNO4. The van der Waals surface area contributed by atoms with Gasteiger partial charge in [0.1, 0.15) is 5.75 Å². The molecule has 2 aromatic rings. The maximum atomic E-state index is 11.0. The number of nitro benzene ring substituents is 1. The van der Waals surface area contributed by atoms with Crippen LogP contribution in [0.2, 0.25) is 5.02 Å². The number of nitrogens with zero attached hydrogens (tertiary/aromatic N) is 1. The van der Waals surface area contributed by atoms with E-state index in [1.807, 2.05) is 0 Å². The number of ether oxygens (including phenoxy) is 1. The normalized spacial score (nSPS) is 10.2. The zero-order valence-corrected chi connectivity index (χ0v) is 10.5. The summed E-state index contributed by atoms with van der Waals surface area (Å²) in [6.45, 7) is -0.262. The lowest BCUT2D eigenvalue weighted by Crippen LogP contribution is -1.95. The van der Waals surface area contributed by atoms with Crippen LogP contribution in [-0.4, -0.2) is 10.0 Å². The smallest absolute Gasteiger partial charge is 0.311 e. The van der Waals surface area contributed by atoms with Crippen molar-refractivity contribution >= 4 is 17.3 Å². The Bertz CT molecular complexity index is 598. The quantitative estimate of drug-likeness (QED) is 0.686. The average molecular weight is 280 g/mol. The molecule has 0 aliphatic carbocycles. The predicted molar refractivity (Wildman–Crippen MR) is 70.5 cm³/mol. The minimum absolute atomic E-state index is 0.115. The molecule has 6 heteroatoms. The van der Waals surface area contributed by atoms with Crippen LogP contribution in [0.15, 0.2) is 42.5 Å². The van der Waals surface area contributed by atoms with Gasteiger partial charge in [0.2, 0.25) is 5.75 Å². The number of benzene rings is 2. The van der Waals surface area contributed by atoms with Crippen molar-refractivity contribution in [2.45, 2.75) is 6.61 Å². The van der Waals surface area contributed by atoms with E-state index in [0.717, 1.165) is 0 Å². The molecule has 0 atom stereocenters. The summed E-state index contributed by atoms with van der Waals surface area (Å²) in [6.07, 6.45) is 0. The molecule has 0 amide bonds. The summed E-state index contributed by atoms with van der Waals surface area (Å²) in [6, 6.07) is 10.8. The van der Waals surface area contributed by atoms with E-state index in [0.29, 0.717) is 16.3 Å². The third-order valence-electron chi connectivity index (χ3n) is 2.44. The number of hydrogen-bond donors (Lipinski definition) is 1. The largest absolute Gasteiger partial charge is 0.450 e. The van der Waals surface area contributed by atoms with Crippen molar-refractivity contribution in [2.75, 3.05) is 0 Å². The van der Waals surface area contributed by atoms with Gasteiger partial charge in [0, 0.05) is 11.1 Å². The van der Waals surface area contributed by atoms with E-state index in [-0.39, 0.29) is 18.0 Å². The van der Waals surface area contributed by atoms with Crippen LogP contribution < -0.4 is 4.74 Å². The molecule has 0 aliphatic heterocycles. The maximum Gasteiger partial charge on any atom is 0.311 e. The molecule has 2 rings (SSSR count). The second-order valence-electron chi connectivity index (χ2n) is 3.77. The summed E-state index contributed by atoms with van der Waals surface area (Å²) in [5.74, 6) is 0.564. The number of rotatable bonds is 4. The first-order valence-electron chi connectivity index (χ1n) is 5.42. The van der Waals surface area contributed by atoms with E-state index < -0.39 is 4.92 Å². The third-order valence-corrected chi connectivity index (χ3v) is 2.70. The standard InChI is InChI=1S/C13H10ClNO4/c14-10-2-4-11(5-3-10)19-13-6-1-9(8-16)7-12(13)15(17)18/h1-7,16H,8H2. The molecule has 0 spiro atoms. The molecule has 0 aliphatic rings. The first kappa shape index (κ1) is 13.3. The van der Waals surface area contributed by atoms with Crippen LogP contribution in [0.25, 0.3) is 0 Å². The van der Waals surface area contributed by atoms with Crippen molar-refractivity contribution < 1.29 is 14.8 Å². The van der Waals surface area contributed by atoms with E-state index in [9.17, 15) is 10.1 Å². The Kier molecular flexibility index (Phi) is 3.99. The SMILES string of the molecule is O=[N+]([O-])c1cc(CO)ccc1Oc1ccc(Cl)cc1. The molecule has 5 nitrogen and oxygen atoms in total. The number of nitro groups is 1. The lowest BCUT2D eigenvalue weighted by atomic mass is 10.2. The molecular weight excluding hydrogens is 270 g/mol. The number of hydrogen-bond acceptors (Lipinski definition) is 4. The summed E-state index contributed by atoms with van der Waals surface area (Å²) in [7, 11) is 0. The van der Waals surface area contributed by atoms with Gasteiger partial charge in [-0.2, -0.15) is 0 Å². The Hall–Kier alpha value is -2.11. The van der Waals surface area contributed by atoms with Gasteiger partial charge < -0.3 is 9.84 Å². The molecule has 0 unspecified atom stereocenters. The number of aliphatic hydroxyl groups is 1. The van der Waals surface area contributed by atoms with Crippen LogP contribution in [-0.2, 0) is 6.61 Å². The molecule has 19 heavy (non-hydrogen) atoms. The van der Waals surface area contributed by atoms with Crippen molar-refractivity contribution in [3.8, 4) is 11.5 Å². The van der Waals surface area contributed by atoms with E-state index >= 15 is 0 Å². The van der Waals surface area contributed by atoms with Crippen LogP contribution in [0, 0.1) is 10.1 Å². The van der Waals surface area contributed by atoms with Crippen LogP contribution in [0.5, 0.6) is 11.5 Å². The van der Waals surface area contributed by atoms with Gasteiger partial charge in [0.15, 0.2) is 0 Å². The van der Waals surface area contributed by atoms with E-state index in [1.165, 1.54) is 12.1 Å². The summed E-state index contributed by atoms with van der Waals surface area (Å²) in [5.41, 5.74) is 0.261. The Labute approximate surface area is 114 Å². The summed E-state index contributed by atoms with van der Waals surface area (Å²) in [5, 5.41) is 20.5. The first-order chi connectivity index (χ1) is 9.10. The Morgan fingerprint density at radius 1 is 1.21 bits per heavy atom. The lowest BCUT2D eigenvalue weighted by molar-refractivity contribution is -0.385. The predicted octanol–water partition coefficient (Wildman–Crippen LogP) is 3.53. The van der Waals surface area contributed by atoms with Gasteiger partial charge in [0.05, 0.1) is 11.5 Å². The summed E-state index contributed by atoms with van der Waals surface area (Å²) >= 11 is 5.74. The maximum absolute atomic E-state index is 11.0. The number of halogens is 1. The second-order valence-corrected chi connectivity index (χ2v) is 4.21. The highest BCUT2D eigenvalue weighted by molar-refractivity contribution is 6.30. The van der Waals surface area contributed by atoms with Gasteiger partial charge in [-0.3, -0.25) is 10.1 Å². The van der Waals surface area contributed by atoms with Crippen LogP contribution in [0.1, 0.15) is 5.56 Å². The van der Waals surface area contributed by atoms with Crippen LogP contribution >= 0.6 is 11.6 Å². The fourth-order valence-corrected chi connectivity index (χ4v) is 1.65. The highest BCUT2D eigenvalue weighted by Gasteiger charge is 2.16. The lowest BCUT2D eigenvalue weighted by Gasteiger charge is -2.07. The molecule has 0 fully saturated rings. The molecule has 0 bridgehead atoms. The second kappa shape index (κ2) is 5.69. The zero-order valence-electron chi connectivity index (χ0n) is 9.75. The molecule has 0 saturated carbocycles. The monoisotopic (exact) mass is 279 g/mol. The van der Waals surface area contributed by atoms with Gasteiger partial charge >= 0.3 is 5.69 Å². The Morgan fingerprint density at radius 2 is 1.89 bits per heavy atom. The zero-order chi connectivity index (χ0) is 13.8. The Balaban J connectivity index is 2.33.